The molecular weight excluding hydrogens is 338 g/mol. The number of hydrogen-bond donors (Lipinski definition) is 1. The van der Waals surface area contributed by atoms with Gasteiger partial charge in [0.05, 0.1) is 14.2 Å². The second kappa shape index (κ2) is 9.33. The van der Waals surface area contributed by atoms with Crippen molar-refractivity contribution in [2.24, 2.45) is 5.92 Å². The molecule has 0 aromatic heterocycles. The molecule has 0 bridgehead atoms. The maximum Gasteiger partial charge on any atom is 0.223 e. The normalized spacial score (nSPS) is 11.7. The van der Waals surface area contributed by atoms with Crippen LogP contribution in [0.1, 0.15) is 18.1 Å². The molecule has 1 atom stereocenters. The number of carbonyl (C=O) groups is 1. The Morgan fingerprint density at radius 2 is 1.68 bits per heavy atom. The minimum absolute atomic E-state index is 0.0513. The number of rotatable bonds is 8. The average molecular weight is 362 g/mol. The number of amides is 1. The van der Waals surface area contributed by atoms with Crippen LogP contribution in [0.25, 0.3) is 0 Å². The summed E-state index contributed by atoms with van der Waals surface area (Å²) in [6, 6.07) is 13.4. The van der Waals surface area contributed by atoms with Gasteiger partial charge in [-0.1, -0.05) is 36.7 Å². The molecule has 0 aliphatic carbocycles. The molecule has 25 heavy (non-hydrogen) atoms. The lowest BCUT2D eigenvalue weighted by Crippen LogP contribution is -2.31. The van der Waals surface area contributed by atoms with E-state index in [2.05, 4.69) is 5.32 Å². The number of halogens is 1. The fraction of sp³-hybridized carbons (Fsp3) is 0.350. The van der Waals surface area contributed by atoms with Gasteiger partial charge >= 0.3 is 0 Å². The molecule has 0 spiro atoms. The van der Waals surface area contributed by atoms with Gasteiger partial charge in [-0.05, 0) is 48.2 Å². The van der Waals surface area contributed by atoms with Crippen LogP contribution in [-0.2, 0) is 17.6 Å². The van der Waals surface area contributed by atoms with E-state index < -0.39 is 0 Å². The third kappa shape index (κ3) is 5.68. The van der Waals surface area contributed by atoms with Gasteiger partial charge in [0, 0.05) is 17.5 Å². The van der Waals surface area contributed by atoms with Crippen molar-refractivity contribution in [3.8, 4) is 11.5 Å². The molecule has 2 aromatic rings. The Morgan fingerprint density at radius 3 is 2.32 bits per heavy atom. The minimum Gasteiger partial charge on any atom is -0.493 e. The zero-order valence-electron chi connectivity index (χ0n) is 14.8. The van der Waals surface area contributed by atoms with Crippen molar-refractivity contribution in [1.82, 2.24) is 5.32 Å². The monoisotopic (exact) mass is 361 g/mol. The van der Waals surface area contributed by atoms with Crippen molar-refractivity contribution < 1.29 is 14.3 Å². The number of methoxy groups -OCH3 is 2. The minimum atomic E-state index is -0.0911. The second-order valence-corrected chi connectivity index (χ2v) is 6.40. The predicted molar refractivity (Wildman–Crippen MR) is 101 cm³/mol. The van der Waals surface area contributed by atoms with Crippen LogP contribution < -0.4 is 14.8 Å². The average Bonchev–Trinajstić information content (AvgIpc) is 2.63. The molecule has 2 aromatic carbocycles. The summed E-state index contributed by atoms with van der Waals surface area (Å²) < 4.78 is 10.5. The molecule has 0 fully saturated rings. The maximum atomic E-state index is 12.2. The highest BCUT2D eigenvalue weighted by Crippen LogP contribution is 2.27. The van der Waals surface area contributed by atoms with Gasteiger partial charge in [-0.3, -0.25) is 4.79 Å². The molecule has 0 saturated heterocycles. The Bertz CT molecular complexity index is 701. The van der Waals surface area contributed by atoms with Gasteiger partial charge in [0.15, 0.2) is 11.5 Å². The van der Waals surface area contributed by atoms with Gasteiger partial charge in [0.25, 0.3) is 0 Å². The van der Waals surface area contributed by atoms with Crippen LogP contribution in [0.2, 0.25) is 5.02 Å². The van der Waals surface area contributed by atoms with E-state index >= 15 is 0 Å². The molecule has 1 unspecified atom stereocenters. The molecule has 4 nitrogen and oxygen atoms in total. The van der Waals surface area contributed by atoms with Crippen LogP contribution in [0.3, 0.4) is 0 Å². The largest absolute Gasteiger partial charge is 0.493 e. The van der Waals surface area contributed by atoms with E-state index in [1.54, 1.807) is 14.2 Å². The predicted octanol–water partition coefficient (Wildman–Crippen LogP) is 3.89. The van der Waals surface area contributed by atoms with Crippen molar-refractivity contribution in [1.29, 1.82) is 0 Å². The Labute approximate surface area is 154 Å². The number of benzene rings is 2. The zero-order chi connectivity index (χ0) is 18.2. The Balaban J connectivity index is 1.82. The molecule has 0 heterocycles. The first-order valence-electron chi connectivity index (χ1n) is 8.26. The third-order valence-corrected chi connectivity index (χ3v) is 4.32. The molecular formula is C20H24ClNO3. The fourth-order valence-corrected chi connectivity index (χ4v) is 2.73. The van der Waals surface area contributed by atoms with Gasteiger partial charge in [0.2, 0.25) is 5.91 Å². The molecule has 0 radical (unpaired) electrons. The summed E-state index contributed by atoms with van der Waals surface area (Å²) in [6.07, 6.45) is 1.43. The molecule has 0 aliphatic heterocycles. The molecule has 0 saturated carbocycles. The van der Waals surface area contributed by atoms with Crippen LogP contribution in [0.5, 0.6) is 11.5 Å². The topological polar surface area (TPSA) is 47.6 Å². The first-order chi connectivity index (χ1) is 12.0. The highest BCUT2D eigenvalue weighted by atomic mass is 35.5. The smallest absolute Gasteiger partial charge is 0.223 e. The lowest BCUT2D eigenvalue weighted by molar-refractivity contribution is -0.124. The van der Waals surface area contributed by atoms with Crippen LogP contribution in [0, 0.1) is 5.92 Å². The van der Waals surface area contributed by atoms with Crippen molar-refractivity contribution >= 4 is 17.5 Å². The van der Waals surface area contributed by atoms with Crippen LogP contribution in [-0.4, -0.2) is 26.7 Å². The zero-order valence-corrected chi connectivity index (χ0v) is 15.6. The summed E-state index contributed by atoms with van der Waals surface area (Å²) >= 11 is 5.88. The summed E-state index contributed by atoms with van der Waals surface area (Å²) in [5.41, 5.74) is 2.19. The maximum absolute atomic E-state index is 12.2. The van der Waals surface area contributed by atoms with Gasteiger partial charge < -0.3 is 14.8 Å². The van der Waals surface area contributed by atoms with E-state index in [1.807, 2.05) is 49.4 Å². The lowest BCUT2D eigenvalue weighted by Gasteiger charge is -2.13. The van der Waals surface area contributed by atoms with Crippen LogP contribution >= 0.6 is 11.6 Å². The summed E-state index contributed by atoms with van der Waals surface area (Å²) in [4.78, 5) is 12.2. The van der Waals surface area contributed by atoms with Crippen molar-refractivity contribution in [3.63, 3.8) is 0 Å². The van der Waals surface area contributed by atoms with E-state index in [9.17, 15) is 4.79 Å². The summed E-state index contributed by atoms with van der Waals surface area (Å²) in [6.45, 7) is 2.51. The molecule has 5 heteroatoms. The summed E-state index contributed by atoms with van der Waals surface area (Å²) in [7, 11) is 3.22. The van der Waals surface area contributed by atoms with E-state index in [0.717, 1.165) is 17.5 Å². The van der Waals surface area contributed by atoms with E-state index in [0.29, 0.717) is 29.5 Å². The van der Waals surface area contributed by atoms with Crippen molar-refractivity contribution in [2.75, 3.05) is 20.8 Å². The molecule has 1 N–H and O–H groups in total. The van der Waals surface area contributed by atoms with Gasteiger partial charge in [0.1, 0.15) is 0 Å². The first-order valence-corrected chi connectivity index (χ1v) is 8.64. The highest BCUT2D eigenvalue weighted by molar-refractivity contribution is 6.30. The van der Waals surface area contributed by atoms with E-state index in [4.69, 9.17) is 21.1 Å². The molecule has 134 valence electrons. The Morgan fingerprint density at radius 1 is 1.04 bits per heavy atom. The summed E-state index contributed by atoms with van der Waals surface area (Å²) in [5, 5.41) is 3.70. The van der Waals surface area contributed by atoms with Crippen molar-refractivity contribution in [2.45, 2.75) is 19.8 Å². The van der Waals surface area contributed by atoms with Gasteiger partial charge in [-0.2, -0.15) is 0 Å². The highest BCUT2D eigenvalue weighted by Gasteiger charge is 2.13. The number of nitrogens with one attached hydrogen (secondary N) is 1. The number of hydrogen-bond acceptors (Lipinski definition) is 3. The number of ether oxygens (including phenoxy) is 2. The third-order valence-electron chi connectivity index (χ3n) is 4.06. The van der Waals surface area contributed by atoms with Gasteiger partial charge in [-0.15, -0.1) is 0 Å². The van der Waals surface area contributed by atoms with Gasteiger partial charge in [-0.25, -0.2) is 0 Å². The van der Waals surface area contributed by atoms with Crippen molar-refractivity contribution in [3.05, 3.63) is 58.6 Å². The standard InChI is InChI=1S/C20H24ClNO3/c1-14(12-15-4-7-17(21)8-5-15)20(23)22-11-10-16-6-9-18(24-2)19(13-16)25-3/h4-9,13-14H,10-12H2,1-3H3,(H,22,23). The van der Waals surface area contributed by atoms with Crippen LogP contribution in [0.15, 0.2) is 42.5 Å². The van der Waals surface area contributed by atoms with Crippen LogP contribution in [0.4, 0.5) is 0 Å². The molecule has 0 aliphatic rings. The molecule has 1 amide bonds. The Hall–Kier alpha value is -2.20. The van der Waals surface area contributed by atoms with E-state index in [1.165, 1.54) is 0 Å². The summed E-state index contributed by atoms with van der Waals surface area (Å²) in [5.74, 6) is 1.36. The Kier molecular flexibility index (Phi) is 7.14. The second-order valence-electron chi connectivity index (χ2n) is 5.96. The molecule has 2 rings (SSSR count). The SMILES string of the molecule is COc1ccc(CCNC(=O)C(C)Cc2ccc(Cl)cc2)cc1OC. The number of carbonyl (C=O) groups excluding carboxylic acids is 1. The fourth-order valence-electron chi connectivity index (χ4n) is 2.61. The van der Waals surface area contributed by atoms with E-state index in [-0.39, 0.29) is 11.8 Å². The first kappa shape index (κ1) is 19.1. The quantitative estimate of drug-likeness (QED) is 0.775. The lowest BCUT2D eigenvalue weighted by atomic mass is 10.0.